The van der Waals surface area contributed by atoms with Gasteiger partial charge in [0.25, 0.3) is 0 Å². The summed E-state index contributed by atoms with van der Waals surface area (Å²) in [6, 6.07) is -0.734. The lowest BCUT2D eigenvalue weighted by atomic mass is 9.95. The number of hydrogen-bond acceptors (Lipinski definition) is 11. The number of ether oxygens (including phenoxy) is 3. The maximum atomic E-state index is 10.7. The van der Waals surface area contributed by atoms with Gasteiger partial charge >= 0.3 is 0 Å². The number of rotatable bonds is 18. The third-order valence-electron chi connectivity index (χ3n) is 7.41. The van der Waals surface area contributed by atoms with Crippen LogP contribution in [0.1, 0.15) is 84.0 Å². The zero-order chi connectivity index (χ0) is 27.2. The first-order chi connectivity index (χ1) is 17.8. The van der Waals surface area contributed by atoms with E-state index < -0.39 is 74.6 Å². The van der Waals surface area contributed by atoms with E-state index in [4.69, 9.17) is 14.2 Å². The van der Waals surface area contributed by atoms with Gasteiger partial charge in [-0.1, -0.05) is 77.6 Å². The van der Waals surface area contributed by atoms with E-state index in [2.05, 4.69) is 12.2 Å². The van der Waals surface area contributed by atoms with E-state index in [1.165, 1.54) is 57.8 Å². The summed E-state index contributed by atoms with van der Waals surface area (Å²) in [4.78, 5) is 0. The van der Waals surface area contributed by atoms with Crippen molar-refractivity contribution in [3.63, 3.8) is 0 Å². The number of nitrogens with one attached hydrogen (secondary N) is 1. The molecule has 0 bridgehead atoms. The minimum Gasteiger partial charge on any atom is -0.394 e. The molecule has 0 saturated carbocycles. The van der Waals surface area contributed by atoms with E-state index in [-0.39, 0.29) is 0 Å². The van der Waals surface area contributed by atoms with Gasteiger partial charge in [-0.15, -0.1) is 0 Å². The van der Waals surface area contributed by atoms with Gasteiger partial charge in [-0.05, 0) is 13.0 Å². The fraction of sp³-hybridized carbons (Fsp3) is 1.00. The molecule has 0 spiro atoms. The smallest absolute Gasteiger partial charge is 0.189 e. The second-order valence-corrected chi connectivity index (χ2v) is 10.4. The Balaban J connectivity index is 1.68. The molecule has 2 fully saturated rings. The molecule has 0 aromatic heterocycles. The van der Waals surface area contributed by atoms with Gasteiger partial charge in [-0.2, -0.15) is 0 Å². The zero-order valence-electron chi connectivity index (χ0n) is 22.2. The molecule has 0 aromatic rings. The SMILES string of the molecule is CCCCCCCCCCCCCCN[C@@H]1C(CO)O[C@H](O[C@H]2OC(CO)[C@@H](O)C(O)C2O)[C@@H](O)C1O. The molecule has 2 rings (SSSR count). The molecular weight excluding hydrogens is 486 g/mol. The van der Waals surface area contributed by atoms with Crippen LogP contribution in [-0.2, 0) is 14.2 Å². The molecule has 0 aromatic carbocycles. The largest absolute Gasteiger partial charge is 0.394 e. The molecule has 10 atom stereocenters. The summed E-state index contributed by atoms with van der Waals surface area (Å²) in [6.45, 7) is 1.74. The van der Waals surface area contributed by atoms with Crippen LogP contribution in [0, 0.1) is 0 Å². The Kier molecular flexibility index (Phi) is 16.0. The Hall–Kier alpha value is -0.440. The topological polar surface area (TPSA) is 181 Å². The van der Waals surface area contributed by atoms with Crippen molar-refractivity contribution in [3.05, 3.63) is 0 Å². The van der Waals surface area contributed by atoms with Crippen LogP contribution in [0.3, 0.4) is 0 Å². The van der Waals surface area contributed by atoms with Gasteiger partial charge in [0.05, 0.1) is 19.3 Å². The van der Waals surface area contributed by atoms with Crippen LogP contribution < -0.4 is 5.32 Å². The summed E-state index contributed by atoms with van der Waals surface area (Å²) in [5.74, 6) is 0. The Morgan fingerprint density at radius 3 is 1.54 bits per heavy atom. The van der Waals surface area contributed by atoms with Gasteiger partial charge < -0.3 is 55.3 Å². The predicted octanol–water partition coefficient (Wildman–Crippen LogP) is -0.0988. The van der Waals surface area contributed by atoms with Crippen molar-refractivity contribution in [1.82, 2.24) is 5.32 Å². The van der Waals surface area contributed by atoms with E-state index >= 15 is 0 Å². The quantitative estimate of drug-likeness (QED) is 0.109. The highest BCUT2D eigenvalue weighted by atomic mass is 16.8. The maximum Gasteiger partial charge on any atom is 0.189 e. The highest BCUT2D eigenvalue weighted by molar-refractivity contribution is 4.95. The standard InChI is InChI=1S/C26H51NO10/c1-2-3-4-5-6-7-8-9-10-11-12-13-14-27-19-17(15-28)35-25(23(33)21(19)31)37-26-24(34)22(32)20(30)18(16-29)36-26/h17-34H,2-16H2,1H3/t17?,18?,19-,20-,21?,22?,23+,24?,25-,26-/m1/s1. The highest BCUT2D eigenvalue weighted by Crippen LogP contribution is 2.28. The molecule has 5 unspecified atom stereocenters. The fourth-order valence-corrected chi connectivity index (χ4v) is 5.00. The van der Waals surface area contributed by atoms with Gasteiger partial charge in [0.15, 0.2) is 12.6 Å². The van der Waals surface area contributed by atoms with E-state index in [0.717, 1.165) is 19.3 Å². The van der Waals surface area contributed by atoms with Crippen LogP contribution in [0.2, 0.25) is 0 Å². The van der Waals surface area contributed by atoms with Gasteiger partial charge in [0.2, 0.25) is 0 Å². The number of aliphatic hydroxyl groups is 7. The molecule has 0 radical (unpaired) electrons. The van der Waals surface area contributed by atoms with Crippen LogP contribution in [0.4, 0.5) is 0 Å². The summed E-state index contributed by atoms with van der Waals surface area (Å²) in [5.41, 5.74) is 0. The van der Waals surface area contributed by atoms with Gasteiger partial charge in [0, 0.05) is 0 Å². The van der Waals surface area contributed by atoms with E-state index in [0.29, 0.717) is 6.54 Å². The molecule has 37 heavy (non-hydrogen) atoms. The van der Waals surface area contributed by atoms with Gasteiger partial charge in [0.1, 0.15) is 42.7 Å². The van der Waals surface area contributed by atoms with Crippen molar-refractivity contribution in [3.8, 4) is 0 Å². The molecule has 8 N–H and O–H groups in total. The molecule has 2 saturated heterocycles. The van der Waals surface area contributed by atoms with E-state index in [9.17, 15) is 35.7 Å². The van der Waals surface area contributed by atoms with Crippen molar-refractivity contribution < 1.29 is 50.0 Å². The maximum absolute atomic E-state index is 10.7. The summed E-state index contributed by atoms with van der Waals surface area (Å²) in [7, 11) is 0. The van der Waals surface area contributed by atoms with E-state index in [1.54, 1.807) is 0 Å². The summed E-state index contributed by atoms with van der Waals surface area (Å²) in [5, 5.41) is 73.5. The lowest BCUT2D eigenvalue weighted by molar-refractivity contribution is -0.370. The Bertz CT molecular complexity index is 584. The molecule has 11 heteroatoms. The van der Waals surface area contributed by atoms with Gasteiger partial charge in [-0.3, -0.25) is 0 Å². The normalized spacial score (nSPS) is 36.6. The van der Waals surface area contributed by atoms with Crippen LogP contribution in [0.15, 0.2) is 0 Å². The highest BCUT2D eigenvalue weighted by Gasteiger charge is 2.49. The first-order valence-corrected chi connectivity index (χ1v) is 14.2. The first-order valence-electron chi connectivity index (χ1n) is 14.2. The first kappa shape index (κ1) is 32.8. The third-order valence-corrected chi connectivity index (χ3v) is 7.41. The monoisotopic (exact) mass is 537 g/mol. The molecular formula is C26H51NO10. The summed E-state index contributed by atoms with van der Waals surface area (Å²) >= 11 is 0. The number of hydrogen-bond donors (Lipinski definition) is 8. The van der Waals surface area contributed by atoms with E-state index in [1.807, 2.05) is 0 Å². The average Bonchev–Trinajstić information content (AvgIpc) is 2.90. The summed E-state index contributed by atoms with van der Waals surface area (Å²) < 4.78 is 16.4. The van der Waals surface area contributed by atoms with Gasteiger partial charge in [-0.25, -0.2) is 0 Å². The molecule has 0 aliphatic carbocycles. The predicted molar refractivity (Wildman–Crippen MR) is 135 cm³/mol. The fourth-order valence-electron chi connectivity index (χ4n) is 5.00. The average molecular weight is 538 g/mol. The van der Waals surface area contributed by atoms with Crippen LogP contribution >= 0.6 is 0 Å². The minimum absolute atomic E-state index is 0.450. The molecule has 11 nitrogen and oxygen atoms in total. The van der Waals surface area contributed by atoms with Crippen LogP contribution in [0.5, 0.6) is 0 Å². The van der Waals surface area contributed by atoms with Crippen LogP contribution in [-0.4, -0.2) is 117 Å². The lowest BCUT2D eigenvalue weighted by Crippen LogP contribution is -2.66. The summed E-state index contributed by atoms with van der Waals surface area (Å²) in [6.07, 6.45) is 1.95. The van der Waals surface area contributed by atoms with Crippen molar-refractivity contribution in [1.29, 1.82) is 0 Å². The Morgan fingerprint density at radius 2 is 1.03 bits per heavy atom. The van der Waals surface area contributed by atoms with Crippen molar-refractivity contribution in [2.45, 2.75) is 145 Å². The van der Waals surface area contributed by atoms with Crippen molar-refractivity contribution in [2.24, 2.45) is 0 Å². The molecule has 220 valence electrons. The molecule has 2 heterocycles. The second-order valence-electron chi connectivity index (χ2n) is 10.4. The lowest BCUT2D eigenvalue weighted by Gasteiger charge is -2.45. The molecule has 2 aliphatic rings. The number of aliphatic hydroxyl groups excluding tert-OH is 7. The third kappa shape index (κ3) is 10.2. The molecule has 0 amide bonds. The second kappa shape index (κ2) is 18.0. The van der Waals surface area contributed by atoms with Crippen LogP contribution in [0.25, 0.3) is 0 Å². The van der Waals surface area contributed by atoms with Crippen molar-refractivity contribution >= 4 is 0 Å². The Morgan fingerprint density at radius 1 is 0.568 bits per heavy atom. The van der Waals surface area contributed by atoms with Crippen molar-refractivity contribution in [2.75, 3.05) is 19.8 Å². The molecule has 2 aliphatic heterocycles. The number of unbranched alkanes of at least 4 members (excludes halogenated alkanes) is 11. The Labute approximate surface area is 220 Å². The zero-order valence-corrected chi connectivity index (χ0v) is 22.2. The minimum atomic E-state index is -1.68.